The maximum absolute atomic E-state index is 9.57. The first-order valence-electron chi connectivity index (χ1n) is 1.94. The number of nitrogens with two attached hydrogens (primary N) is 2. The Kier molecular flexibility index (Phi) is 2.57. The van der Waals surface area contributed by atoms with Crippen LogP contribution in [0.25, 0.3) is 0 Å². The van der Waals surface area contributed by atoms with Crippen LogP contribution in [0, 0.1) is 0 Å². The van der Waals surface area contributed by atoms with Gasteiger partial charge in [-0.25, -0.2) is 5.84 Å². The van der Waals surface area contributed by atoms with Crippen LogP contribution in [0.1, 0.15) is 0 Å². The highest BCUT2D eigenvalue weighted by molar-refractivity contribution is 5.83. The predicted molar refractivity (Wildman–Crippen MR) is 29.6 cm³/mol. The van der Waals surface area contributed by atoms with Gasteiger partial charge in [-0.1, -0.05) is 0 Å². The van der Waals surface area contributed by atoms with E-state index in [2.05, 4.69) is 4.99 Å². The maximum atomic E-state index is 9.57. The average Bonchev–Trinajstić information content (AvgIpc) is 1.67. The molecule has 0 aliphatic carbocycles. The Morgan fingerprint density at radius 2 is 2.38 bits per heavy atom. The zero-order valence-electron chi connectivity index (χ0n) is 4.53. The van der Waals surface area contributed by atoms with Crippen LogP contribution in [-0.4, -0.2) is 24.4 Å². The summed E-state index contributed by atoms with van der Waals surface area (Å²) in [5, 5.41) is 1.05. The van der Waals surface area contributed by atoms with E-state index in [1.54, 1.807) is 0 Å². The van der Waals surface area contributed by atoms with Crippen LogP contribution >= 0.6 is 0 Å². The second kappa shape index (κ2) is 2.98. The third-order valence-corrected chi connectivity index (χ3v) is 0.546. The summed E-state index contributed by atoms with van der Waals surface area (Å²) in [7, 11) is 1.49. The topological polar surface area (TPSA) is 84.7 Å². The average molecular weight is 116 g/mol. The van der Waals surface area contributed by atoms with Crippen molar-refractivity contribution in [3.05, 3.63) is 0 Å². The quantitative estimate of drug-likeness (QED) is 0.140. The van der Waals surface area contributed by atoms with Gasteiger partial charge in [0.1, 0.15) is 0 Å². The summed E-state index contributed by atoms with van der Waals surface area (Å²) in [6, 6.07) is 0. The van der Waals surface area contributed by atoms with E-state index in [0.717, 1.165) is 5.01 Å². The Hall–Kier alpha value is -1.10. The van der Waals surface area contributed by atoms with Crippen molar-refractivity contribution >= 4 is 12.4 Å². The van der Waals surface area contributed by atoms with Crippen LogP contribution in [0.2, 0.25) is 0 Å². The number of amides is 1. The standard InChI is InChI=1S/C3H8N4O/c1-7(5)3(4)6-2-8/h2H,5H2,1H3,(H2,4,6,8). The number of guanidine groups is 1. The normalized spacial score (nSPS) is 11.0. The third kappa shape index (κ3) is 2.14. The van der Waals surface area contributed by atoms with E-state index in [1.807, 2.05) is 0 Å². The number of hydrogen-bond donors (Lipinski definition) is 2. The molecule has 5 nitrogen and oxygen atoms in total. The van der Waals surface area contributed by atoms with E-state index in [1.165, 1.54) is 7.05 Å². The minimum absolute atomic E-state index is 0.000000000000000444. The molecule has 0 aliphatic rings. The molecule has 0 saturated carbocycles. The van der Waals surface area contributed by atoms with Crippen molar-refractivity contribution in [3.63, 3.8) is 0 Å². The van der Waals surface area contributed by atoms with Gasteiger partial charge in [0, 0.05) is 7.05 Å². The van der Waals surface area contributed by atoms with Gasteiger partial charge in [-0.2, -0.15) is 4.99 Å². The minimum atomic E-state index is 0.000000000000000444. The van der Waals surface area contributed by atoms with Crippen LogP contribution in [-0.2, 0) is 4.79 Å². The van der Waals surface area contributed by atoms with Gasteiger partial charge in [-0.05, 0) is 0 Å². The van der Waals surface area contributed by atoms with Crippen LogP contribution in [0.3, 0.4) is 0 Å². The van der Waals surface area contributed by atoms with Gasteiger partial charge in [-0.3, -0.25) is 9.80 Å². The molecule has 0 aliphatic heterocycles. The zero-order chi connectivity index (χ0) is 6.57. The largest absolute Gasteiger partial charge is 0.368 e. The molecule has 0 radical (unpaired) electrons. The fraction of sp³-hybridized carbons (Fsp3) is 0.333. The van der Waals surface area contributed by atoms with Gasteiger partial charge in [0.25, 0.3) is 0 Å². The van der Waals surface area contributed by atoms with Crippen LogP contribution in [0.4, 0.5) is 0 Å². The molecule has 0 bridgehead atoms. The van der Waals surface area contributed by atoms with Crippen LogP contribution in [0.15, 0.2) is 4.99 Å². The summed E-state index contributed by atoms with van der Waals surface area (Å²) in [4.78, 5) is 12.7. The SMILES string of the molecule is CN(N)C(N)=NC=O. The molecule has 0 atom stereocenters. The van der Waals surface area contributed by atoms with Gasteiger partial charge in [0.2, 0.25) is 12.4 Å². The molecule has 0 fully saturated rings. The van der Waals surface area contributed by atoms with Gasteiger partial charge in [-0.15, -0.1) is 0 Å². The summed E-state index contributed by atoms with van der Waals surface area (Å²) in [6.07, 6.45) is 0.332. The molecule has 4 N–H and O–H groups in total. The highest BCUT2D eigenvalue weighted by Crippen LogP contribution is 1.65. The molecule has 0 unspecified atom stereocenters. The lowest BCUT2D eigenvalue weighted by Crippen LogP contribution is -2.39. The monoisotopic (exact) mass is 116 g/mol. The van der Waals surface area contributed by atoms with Gasteiger partial charge in [0.05, 0.1) is 0 Å². The van der Waals surface area contributed by atoms with Crippen molar-refractivity contribution in [2.45, 2.75) is 0 Å². The number of hydrazine groups is 1. The van der Waals surface area contributed by atoms with E-state index < -0.39 is 0 Å². The lowest BCUT2D eigenvalue weighted by molar-refractivity contribution is -0.106. The smallest absolute Gasteiger partial charge is 0.236 e. The van der Waals surface area contributed by atoms with Gasteiger partial charge >= 0.3 is 0 Å². The first kappa shape index (κ1) is 6.90. The third-order valence-electron chi connectivity index (χ3n) is 0.546. The highest BCUT2D eigenvalue weighted by atomic mass is 16.1. The Labute approximate surface area is 46.9 Å². The van der Waals surface area contributed by atoms with Crippen LogP contribution < -0.4 is 11.6 Å². The van der Waals surface area contributed by atoms with E-state index in [0.29, 0.717) is 6.41 Å². The second-order valence-electron chi connectivity index (χ2n) is 1.20. The van der Waals surface area contributed by atoms with Crippen molar-refractivity contribution in [3.8, 4) is 0 Å². The van der Waals surface area contributed by atoms with Crippen molar-refractivity contribution in [1.82, 2.24) is 5.01 Å². The Morgan fingerprint density at radius 1 is 1.88 bits per heavy atom. The summed E-state index contributed by atoms with van der Waals surface area (Å²) in [6.45, 7) is 0. The van der Waals surface area contributed by atoms with Crippen LogP contribution in [0.5, 0.6) is 0 Å². The molecular formula is C3H8N4O. The number of carbonyl (C=O) groups is 1. The molecule has 8 heavy (non-hydrogen) atoms. The highest BCUT2D eigenvalue weighted by Gasteiger charge is 1.89. The van der Waals surface area contributed by atoms with Crippen molar-refractivity contribution in [2.24, 2.45) is 16.6 Å². The molecule has 0 heterocycles. The first-order chi connectivity index (χ1) is 3.68. The summed E-state index contributed by atoms with van der Waals surface area (Å²) in [5.41, 5.74) is 5.05. The molecule has 0 aromatic heterocycles. The Balaban J connectivity index is 3.78. The lowest BCUT2D eigenvalue weighted by atomic mass is 10.9. The number of carbonyl (C=O) groups excluding carboxylic acids is 1. The number of hydrogen-bond acceptors (Lipinski definition) is 2. The van der Waals surface area contributed by atoms with E-state index in [-0.39, 0.29) is 5.96 Å². The molecule has 0 spiro atoms. The number of nitrogens with zero attached hydrogens (tertiary/aromatic N) is 2. The van der Waals surface area contributed by atoms with Gasteiger partial charge in [0.15, 0.2) is 0 Å². The predicted octanol–water partition coefficient (Wildman–Crippen LogP) is -1.74. The molecule has 1 amide bonds. The van der Waals surface area contributed by atoms with Crippen molar-refractivity contribution < 1.29 is 4.79 Å². The first-order valence-corrected chi connectivity index (χ1v) is 1.94. The number of rotatable bonds is 1. The summed E-state index contributed by atoms with van der Waals surface area (Å²) in [5.74, 6) is 5.04. The maximum Gasteiger partial charge on any atom is 0.236 e. The Morgan fingerprint density at radius 3 is 2.50 bits per heavy atom. The number of aliphatic imine (C=N–C) groups is 1. The van der Waals surface area contributed by atoms with E-state index in [4.69, 9.17) is 11.6 Å². The molecule has 0 aromatic rings. The van der Waals surface area contributed by atoms with Gasteiger partial charge < -0.3 is 5.73 Å². The van der Waals surface area contributed by atoms with Crippen molar-refractivity contribution in [1.29, 1.82) is 0 Å². The molecular weight excluding hydrogens is 108 g/mol. The summed E-state index contributed by atoms with van der Waals surface area (Å²) < 4.78 is 0. The zero-order valence-corrected chi connectivity index (χ0v) is 4.53. The Bertz CT molecular complexity index is 108. The lowest BCUT2D eigenvalue weighted by Gasteiger charge is -2.06. The molecule has 0 saturated heterocycles. The fourth-order valence-electron chi connectivity index (χ4n) is 0.145. The minimum Gasteiger partial charge on any atom is -0.368 e. The molecule has 5 heteroatoms. The second-order valence-corrected chi connectivity index (χ2v) is 1.20. The fourth-order valence-corrected chi connectivity index (χ4v) is 0.145. The summed E-state index contributed by atoms with van der Waals surface area (Å²) >= 11 is 0. The molecule has 0 aromatic carbocycles. The molecule has 0 rings (SSSR count). The van der Waals surface area contributed by atoms with Crippen molar-refractivity contribution in [2.75, 3.05) is 7.05 Å². The molecule has 46 valence electrons. The van der Waals surface area contributed by atoms with E-state index in [9.17, 15) is 4.79 Å². The van der Waals surface area contributed by atoms with E-state index >= 15 is 0 Å².